The van der Waals surface area contributed by atoms with Crippen LogP contribution < -0.4 is 0 Å². The van der Waals surface area contributed by atoms with E-state index in [1.54, 1.807) is 24.3 Å². The molecule has 1 aromatic carbocycles. The maximum absolute atomic E-state index is 10.6. The predicted molar refractivity (Wildman–Crippen MR) is 56.8 cm³/mol. The van der Waals surface area contributed by atoms with Gasteiger partial charge >= 0.3 is 5.97 Å². The van der Waals surface area contributed by atoms with Crippen LogP contribution in [0.5, 0.6) is 0 Å². The molecule has 0 spiro atoms. The minimum Gasteiger partial charge on any atom is -0.478 e. The number of rotatable bonds is 4. The van der Waals surface area contributed by atoms with E-state index < -0.39 is 5.97 Å². The smallest absolute Gasteiger partial charge is 0.335 e. The summed E-state index contributed by atoms with van der Waals surface area (Å²) in [5, 5.41) is 8.73. The fraction of sp³-hybridized carbons (Fsp3) is 0.250. The molecule has 0 aromatic heterocycles. The van der Waals surface area contributed by atoms with Crippen LogP contribution in [-0.4, -0.2) is 23.8 Å². The number of carbonyl (C=O) groups is 1. The van der Waals surface area contributed by atoms with E-state index in [0.29, 0.717) is 11.7 Å². The van der Waals surface area contributed by atoms with Gasteiger partial charge in [-0.1, -0.05) is 18.7 Å². The lowest BCUT2D eigenvalue weighted by Gasteiger charge is -2.03. The molecule has 0 radical (unpaired) electrons. The van der Waals surface area contributed by atoms with Gasteiger partial charge < -0.3 is 9.84 Å². The number of hydrogen-bond donors (Lipinski definition) is 1. The summed E-state index contributed by atoms with van der Waals surface area (Å²) in [4.78, 5) is 10.6. The van der Waals surface area contributed by atoms with Gasteiger partial charge in [0.15, 0.2) is 0 Å². The van der Waals surface area contributed by atoms with Crippen LogP contribution in [0.15, 0.2) is 30.8 Å². The summed E-state index contributed by atoms with van der Waals surface area (Å²) >= 11 is 0. The molecule has 2 rings (SSSR count). The Balaban J connectivity index is 2.08. The van der Waals surface area contributed by atoms with E-state index in [0.717, 1.165) is 24.2 Å². The molecule has 1 N–H and O–H groups in total. The van der Waals surface area contributed by atoms with Crippen molar-refractivity contribution in [2.24, 2.45) is 0 Å². The first-order valence-corrected chi connectivity index (χ1v) is 4.80. The van der Waals surface area contributed by atoms with Crippen LogP contribution in [0.25, 0.3) is 5.57 Å². The molecule has 1 atom stereocenters. The molecule has 15 heavy (non-hydrogen) atoms. The van der Waals surface area contributed by atoms with Crippen LogP contribution in [0.2, 0.25) is 0 Å². The molecule has 1 saturated heterocycles. The van der Waals surface area contributed by atoms with E-state index in [4.69, 9.17) is 9.84 Å². The van der Waals surface area contributed by atoms with Crippen molar-refractivity contribution >= 4 is 11.5 Å². The number of carboxylic acids is 1. The highest BCUT2D eigenvalue weighted by Gasteiger charge is 2.23. The van der Waals surface area contributed by atoms with E-state index >= 15 is 0 Å². The lowest BCUT2D eigenvalue weighted by molar-refractivity contribution is 0.0697. The quantitative estimate of drug-likeness (QED) is 0.765. The lowest BCUT2D eigenvalue weighted by Crippen LogP contribution is -1.96. The molecule has 3 nitrogen and oxygen atoms in total. The Morgan fingerprint density at radius 1 is 1.40 bits per heavy atom. The van der Waals surface area contributed by atoms with Gasteiger partial charge in [0, 0.05) is 6.42 Å². The molecule has 3 heteroatoms. The van der Waals surface area contributed by atoms with E-state index in [1.165, 1.54) is 0 Å². The number of epoxide rings is 1. The summed E-state index contributed by atoms with van der Waals surface area (Å²) in [6, 6.07) is 6.76. The minimum absolute atomic E-state index is 0.300. The van der Waals surface area contributed by atoms with E-state index in [-0.39, 0.29) is 0 Å². The second-order valence-electron chi connectivity index (χ2n) is 3.65. The van der Waals surface area contributed by atoms with Crippen molar-refractivity contribution in [1.29, 1.82) is 0 Å². The van der Waals surface area contributed by atoms with Gasteiger partial charge in [0.2, 0.25) is 0 Å². The molecular weight excluding hydrogens is 192 g/mol. The predicted octanol–water partition coefficient (Wildman–Crippen LogP) is 2.19. The first kappa shape index (κ1) is 9.93. The van der Waals surface area contributed by atoms with Crippen molar-refractivity contribution in [1.82, 2.24) is 0 Å². The highest BCUT2D eigenvalue weighted by molar-refractivity contribution is 5.88. The van der Waals surface area contributed by atoms with Gasteiger partial charge in [-0.25, -0.2) is 4.79 Å². The number of benzene rings is 1. The van der Waals surface area contributed by atoms with Crippen LogP contribution in [0.1, 0.15) is 22.3 Å². The molecule has 1 aliphatic heterocycles. The largest absolute Gasteiger partial charge is 0.478 e. The maximum Gasteiger partial charge on any atom is 0.335 e. The molecule has 0 aliphatic carbocycles. The number of hydrogen-bond acceptors (Lipinski definition) is 2. The molecule has 1 aliphatic rings. The molecule has 1 aromatic rings. The Morgan fingerprint density at radius 3 is 2.40 bits per heavy atom. The maximum atomic E-state index is 10.6. The minimum atomic E-state index is -0.905. The van der Waals surface area contributed by atoms with Gasteiger partial charge in [0.1, 0.15) is 0 Å². The fourth-order valence-corrected chi connectivity index (χ4v) is 1.43. The van der Waals surface area contributed by atoms with Crippen molar-refractivity contribution in [3.63, 3.8) is 0 Å². The highest BCUT2D eigenvalue weighted by Crippen LogP contribution is 2.25. The Hall–Kier alpha value is -1.61. The lowest BCUT2D eigenvalue weighted by atomic mass is 10.0. The Morgan fingerprint density at radius 2 is 1.93 bits per heavy atom. The summed E-state index contributed by atoms with van der Waals surface area (Å²) < 4.78 is 5.11. The Bertz CT molecular complexity index is 388. The van der Waals surface area contributed by atoms with E-state index in [1.807, 2.05) is 0 Å². The Labute approximate surface area is 88.0 Å². The molecule has 0 bridgehead atoms. The standard InChI is InChI=1S/C12H12O3/c1-8(6-11-7-15-11)9-2-4-10(5-3-9)12(13)14/h2-5,11H,1,6-7H2,(H,13,14). The molecule has 1 heterocycles. The summed E-state index contributed by atoms with van der Waals surface area (Å²) in [5.41, 5.74) is 2.28. The average Bonchev–Trinajstić information content (AvgIpc) is 3.02. The first-order valence-electron chi connectivity index (χ1n) is 4.80. The summed E-state index contributed by atoms with van der Waals surface area (Å²) in [7, 11) is 0. The molecule has 1 fully saturated rings. The van der Waals surface area contributed by atoms with Crippen molar-refractivity contribution in [2.75, 3.05) is 6.61 Å². The van der Waals surface area contributed by atoms with Crippen LogP contribution in [0.3, 0.4) is 0 Å². The normalized spacial score (nSPS) is 18.5. The van der Waals surface area contributed by atoms with Crippen LogP contribution in [0, 0.1) is 0 Å². The van der Waals surface area contributed by atoms with Crippen LogP contribution in [-0.2, 0) is 4.74 Å². The van der Waals surface area contributed by atoms with Crippen LogP contribution in [0.4, 0.5) is 0 Å². The van der Waals surface area contributed by atoms with Crippen LogP contribution >= 0.6 is 0 Å². The zero-order valence-corrected chi connectivity index (χ0v) is 8.27. The van der Waals surface area contributed by atoms with Gasteiger partial charge in [-0.2, -0.15) is 0 Å². The third-order valence-corrected chi connectivity index (χ3v) is 2.42. The SMILES string of the molecule is C=C(CC1CO1)c1ccc(C(=O)O)cc1. The van der Waals surface area contributed by atoms with Gasteiger partial charge in [-0.15, -0.1) is 0 Å². The van der Waals surface area contributed by atoms with Gasteiger partial charge in [0.25, 0.3) is 0 Å². The third-order valence-electron chi connectivity index (χ3n) is 2.42. The monoisotopic (exact) mass is 204 g/mol. The summed E-state index contributed by atoms with van der Waals surface area (Å²) in [5.74, 6) is -0.905. The summed E-state index contributed by atoms with van der Waals surface area (Å²) in [6.07, 6.45) is 1.14. The zero-order chi connectivity index (χ0) is 10.8. The van der Waals surface area contributed by atoms with Crippen molar-refractivity contribution < 1.29 is 14.6 Å². The average molecular weight is 204 g/mol. The second-order valence-corrected chi connectivity index (χ2v) is 3.65. The van der Waals surface area contributed by atoms with Gasteiger partial charge in [-0.05, 0) is 23.3 Å². The van der Waals surface area contributed by atoms with E-state index in [9.17, 15) is 4.79 Å². The number of ether oxygens (including phenoxy) is 1. The molecule has 0 amide bonds. The molecular formula is C12H12O3. The topological polar surface area (TPSA) is 49.8 Å². The number of aromatic carboxylic acids is 1. The zero-order valence-electron chi connectivity index (χ0n) is 8.27. The molecule has 0 saturated carbocycles. The number of carboxylic acid groups (broad SMARTS) is 1. The summed E-state index contributed by atoms with van der Waals surface area (Å²) in [6.45, 7) is 4.76. The highest BCUT2D eigenvalue weighted by atomic mass is 16.6. The third kappa shape index (κ3) is 2.44. The molecule has 78 valence electrons. The first-order chi connectivity index (χ1) is 7.16. The van der Waals surface area contributed by atoms with Crippen molar-refractivity contribution in [3.05, 3.63) is 42.0 Å². The Kier molecular flexibility index (Phi) is 2.56. The second kappa shape index (κ2) is 3.87. The van der Waals surface area contributed by atoms with Gasteiger partial charge in [0.05, 0.1) is 18.3 Å². The van der Waals surface area contributed by atoms with E-state index in [2.05, 4.69) is 6.58 Å². The molecule has 1 unspecified atom stereocenters. The van der Waals surface area contributed by atoms with Gasteiger partial charge in [-0.3, -0.25) is 0 Å². The van der Waals surface area contributed by atoms with Crippen molar-refractivity contribution in [3.8, 4) is 0 Å². The fourth-order valence-electron chi connectivity index (χ4n) is 1.43. The van der Waals surface area contributed by atoms with Crippen molar-refractivity contribution in [2.45, 2.75) is 12.5 Å².